The summed E-state index contributed by atoms with van der Waals surface area (Å²) in [4.78, 5) is 15.5. The first-order valence-corrected chi connectivity index (χ1v) is 17.9. The lowest BCUT2D eigenvalue weighted by atomic mass is 9.97. The van der Waals surface area contributed by atoms with Gasteiger partial charge < -0.3 is 4.57 Å². The number of para-hydroxylation sites is 2. The summed E-state index contributed by atoms with van der Waals surface area (Å²) in [7, 11) is 0. The van der Waals surface area contributed by atoms with Crippen LogP contribution in [0.1, 0.15) is 0 Å². The molecular formula is C49H32N4. The molecule has 0 aliphatic rings. The summed E-state index contributed by atoms with van der Waals surface area (Å²) in [5, 5.41) is 4.84. The van der Waals surface area contributed by atoms with E-state index in [1.54, 1.807) is 0 Å². The van der Waals surface area contributed by atoms with Gasteiger partial charge in [-0.3, -0.25) is 0 Å². The molecule has 4 heteroatoms. The number of hydrogen-bond acceptors (Lipinski definition) is 3. The Balaban J connectivity index is 1.24. The van der Waals surface area contributed by atoms with Crippen LogP contribution < -0.4 is 0 Å². The molecule has 248 valence electrons. The second-order valence-electron chi connectivity index (χ2n) is 13.2. The quantitative estimate of drug-likeness (QED) is 0.176. The predicted octanol–water partition coefficient (Wildman–Crippen LogP) is 12.5. The summed E-state index contributed by atoms with van der Waals surface area (Å²) < 4.78 is 2.39. The molecular weight excluding hydrogens is 645 g/mol. The highest BCUT2D eigenvalue weighted by Gasteiger charge is 2.20. The first kappa shape index (κ1) is 30.6. The Morgan fingerprint density at radius 1 is 0.302 bits per heavy atom. The molecule has 0 spiro atoms. The maximum Gasteiger partial charge on any atom is 0.164 e. The fraction of sp³-hybridized carbons (Fsp3) is 0. The predicted molar refractivity (Wildman–Crippen MR) is 219 cm³/mol. The van der Waals surface area contributed by atoms with Crippen LogP contribution in [-0.2, 0) is 0 Å². The highest BCUT2D eigenvalue weighted by atomic mass is 15.0. The summed E-state index contributed by atoms with van der Waals surface area (Å²) in [6, 6.07) is 68.1. The summed E-state index contributed by atoms with van der Waals surface area (Å²) >= 11 is 0. The van der Waals surface area contributed by atoms with Gasteiger partial charge in [0.15, 0.2) is 17.5 Å². The van der Waals surface area contributed by atoms with Crippen molar-refractivity contribution in [3.05, 3.63) is 194 Å². The molecule has 2 aromatic heterocycles. The molecule has 0 bridgehead atoms. The minimum Gasteiger partial charge on any atom is -0.309 e. The standard InChI is InChI=1S/C49H32N4/c1-3-16-34(17-4-1)39-21-9-10-24-43(39)49-51-47(35-18-5-2-6-19-35)50-48(52-49)38-29-30-40(37-28-27-33-15-7-8-20-36(33)31-37)46(32-38)53-44-25-13-11-22-41(44)42-23-12-14-26-45(42)53/h1-32H. The molecule has 4 nitrogen and oxygen atoms in total. The highest BCUT2D eigenvalue weighted by molar-refractivity contribution is 6.10. The van der Waals surface area contributed by atoms with E-state index in [1.165, 1.54) is 21.5 Å². The minimum atomic E-state index is 0.615. The third-order valence-electron chi connectivity index (χ3n) is 10.1. The molecule has 0 amide bonds. The number of rotatable bonds is 6. The van der Waals surface area contributed by atoms with Gasteiger partial charge in [0.2, 0.25) is 0 Å². The van der Waals surface area contributed by atoms with E-state index in [0.29, 0.717) is 17.5 Å². The molecule has 0 unspecified atom stereocenters. The first-order valence-electron chi connectivity index (χ1n) is 17.9. The van der Waals surface area contributed by atoms with Gasteiger partial charge >= 0.3 is 0 Å². The average Bonchev–Trinajstić information content (AvgIpc) is 3.58. The molecule has 2 heterocycles. The van der Waals surface area contributed by atoms with Crippen LogP contribution in [0.3, 0.4) is 0 Å². The van der Waals surface area contributed by atoms with Crippen LogP contribution in [0, 0.1) is 0 Å². The van der Waals surface area contributed by atoms with Gasteiger partial charge in [-0.25, -0.2) is 15.0 Å². The van der Waals surface area contributed by atoms with Crippen molar-refractivity contribution in [1.82, 2.24) is 19.5 Å². The normalized spacial score (nSPS) is 11.4. The van der Waals surface area contributed by atoms with E-state index >= 15 is 0 Å². The minimum absolute atomic E-state index is 0.615. The van der Waals surface area contributed by atoms with Gasteiger partial charge in [0.05, 0.1) is 16.7 Å². The maximum atomic E-state index is 5.24. The van der Waals surface area contributed by atoms with E-state index in [9.17, 15) is 0 Å². The van der Waals surface area contributed by atoms with Crippen molar-refractivity contribution < 1.29 is 0 Å². The SMILES string of the molecule is c1ccc(-c2nc(-c3ccc(-c4ccc5ccccc5c4)c(-n4c5ccccc5c5ccccc54)c3)nc(-c3ccccc3-c3ccccc3)n2)cc1. The van der Waals surface area contributed by atoms with E-state index in [4.69, 9.17) is 15.0 Å². The van der Waals surface area contributed by atoms with Crippen molar-refractivity contribution >= 4 is 32.6 Å². The largest absolute Gasteiger partial charge is 0.309 e. The van der Waals surface area contributed by atoms with E-state index in [2.05, 4.69) is 168 Å². The molecule has 53 heavy (non-hydrogen) atoms. The van der Waals surface area contributed by atoms with E-state index in [1.807, 2.05) is 30.3 Å². The van der Waals surface area contributed by atoms with Crippen molar-refractivity contribution in [3.8, 4) is 62.1 Å². The van der Waals surface area contributed by atoms with Gasteiger partial charge in [0, 0.05) is 33.0 Å². The smallest absolute Gasteiger partial charge is 0.164 e. The molecule has 0 fully saturated rings. The van der Waals surface area contributed by atoms with Crippen LogP contribution in [-0.4, -0.2) is 19.5 Å². The zero-order chi connectivity index (χ0) is 35.1. The number of hydrogen-bond donors (Lipinski definition) is 0. The molecule has 0 N–H and O–H groups in total. The Morgan fingerprint density at radius 2 is 0.830 bits per heavy atom. The van der Waals surface area contributed by atoms with E-state index < -0.39 is 0 Å². The van der Waals surface area contributed by atoms with Gasteiger partial charge in [-0.1, -0.05) is 170 Å². The maximum absolute atomic E-state index is 5.24. The molecule has 0 aliphatic carbocycles. The van der Waals surface area contributed by atoms with Gasteiger partial charge in [-0.2, -0.15) is 0 Å². The number of fused-ring (bicyclic) bond motifs is 4. The second kappa shape index (κ2) is 12.9. The van der Waals surface area contributed by atoms with Gasteiger partial charge in [-0.15, -0.1) is 0 Å². The topological polar surface area (TPSA) is 43.6 Å². The molecule has 0 aliphatic heterocycles. The highest BCUT2D eigenvalue weighted by Crippen LogP contribution is 2.39. The summed E-state index contributed by atoms with van der Waals surface area (Å²) in [5.41, 5.74) is 10.6. The number of aromatic nitrogens is 4. The Morgan fingerprint density at radius 3 is 1.55 bits per heavy atom. The van der Waals surface area contributed by atoms with E-state index in [0.717, 1.165) is 55.7 Å². The van der Waals surface area contributed by atoms with Crippen molar-refractivity contribution in [3.63, 3.8) is 0 Å². The van der Waals surface area contributed by atoms with Crippen LogP contribution in [0.4, 0.5) is 0 Å². The Labute approximate surface area is 307 Å². The first-order chi connectivity index (χ1) is 26.3. The molecule has 0 saturated carbocycles. The lowest BCUT2D eigenvalue weighted by Gasteiger charge is -2.17. The Hall–Kier alpha value is -7.17. The lowest BCUT2D eigenvalue weighted by Crippen LogP contribution is -2.03. The van der Waals surface area contributed by atoms with Gasteiger partial charge in [-0.05, 0) is 51.7 Å². The van der Waals surface area contributed by atoms with Crippen molar-refractivity contribution in [2.45, 2.75) is 0 Å². The zero-order valence-corrected chi connectivity index (χ0v) is 28.8. The van der Waals surface area contributed by atoms with Gasteiger partial charge in [0.25, 0.3) is 0 Å². The Kier molecular flexibility index (Phi) is 7.43. The van der Waals surface area contributed by atoms with Gasteiger partial charge in [0.1, 0.15) is 0 Å². The van der Waals surface area contributed by atoms with Crippen LogP contribution in [0.25, 0.3) is 94.7 Å². The monoisotopic (exact) mass is 676 g/mol. The molecule has 0 atom stereocenters. The third kappa shape index (κ3) is 5.45. The summed E-state index contributed by atoms with van der Waals surface area (Å²) in [6.45, 7) is 0. The van der Waals surface area contributed by atoms with Crippen molar-refractivity contribution in [1.29, 1.82) is 0 Å². The summed E-state index contributed by atoms with van der Waals surface area (Å²) in [5.74, 6) is 1.87. The van der Waals surface area contributed by atoms with Crippen LogP contribution in [0.5, 0.6) is 0 Å². The van der Waals surface area contributed by atoms with Crippen LogP contribution >= 0.6 is 0 Å². The van der Waals surface area contributed by atoms with Crippen molar-refractivity contribution in [2.75, 3.05) is 0 Å². The molecule has 8 aromatic carbocycles. The number of benzene rings is 8. The fourth-order valence-electron chi connectivity index (χ4n) is 7.53. The lowest BCUT2D eigenvalue weighted by molar-refractivity contribution is 1.07. The molecule has 10 aromatic rings. The zero-order valence-electron chi connectivity index (χ0n) is 28.8. The van der Waals surface area contributed by atoms with Crippen molar-refractivity contribution in [2.24, 2.45) is 0 Å². The van der Waals surface area contributed by atoms with E-state index in [-0.39, 0.29) is 0 Å². The summed E-state index contributed by atoms with van der Waals surface area (Å²) in [6.07, 6.45) is 0. The number of nitrogens with zero attached hydrogens (tertiary/aromatic N) is 4. The second-order valence-corrected chi connectivity index (χ2v) is 13.2. The average molecular weight is 677 g/mol. The van der Waals surface area contributed by atoms with Crippen LogP contribution in [0.2, 0.25) is 0 Å². The fourth-order valence-corrected chi connectivity index (χ4v) is 7.53. The van der Waals surface area contributed by atoms with Crippen LogP contribution in [0.15, 0.2) is 194 Å². The molecule has 0 radical (unpaired) electrons. The molecule has 0 saturated heterocycles. The molecule has 10 rings (SSSR count). The third-order valence-corrected chi connectivity index (χ3v) is 10.1. The Bertz CT molecular complexity index is 2890.